The second-order valence-corrected chi connectivity index (χ2v) is 9.70. The molecule has 0 aromatic heterocycles. The van der Waals surface area contributed by atoms with Crippen LogP contribution in [0.1, 0.15) is 30.5 Å². The molecule has 0 aliphatic heterocycles. The van der Waals surface area contributed by atoms with Crippen molar-refractivity contribution in [1.29, 1.82) is 0 Å². The summed E-state index contributed by atoms with van der Waals surface area (Å²) in [4.78, 5) is 4.22. The number of guanidine groups is 1. The van der Waals surface area contributed by atoms with E-state index < -0.39 is 9.84 Å². The Kier molecular flexibility index (Phi) is 7.18. The molecule has 2 N–H and O–H groups in total. The average Bonchev–Trinajstić information content (AvgIpc) is 2.62. The summed E-state index contributed by atoms with van der Waals surface area (Å²) in [7, 11) is -1.34. The van der Waals surface area contributed by atoms with E-state index in [4.69, 9.17) is 0 Å². The first kappa shape index (κ1) is 21.9. The van der Waals surface area contributed by atoms with Gasteiger partial charge in [0.25, 0.3) is 0 Å². The van der Waals surface area contributed by atoms with Crippen molar-refractivity contribution in [2.24, 2.45) is 4.99 Å². The molecule has 0 amide bonds. The first-order chi connectivity index (χ1) is 13.1. The number of rotatable bonds is 7. The third-order valence-corrected chi connectivity index (χ3v) is 5.30. The van der Waals surface area contributed by atoms with Crippen molar-refractivity contribution in [3.05, 3.63) is 71.0 Å². The molecule has 0 fully saturated rings. The van der Waals surface area contributed by atoms with Gasteiger partial charge in [0.1, 0.15) is 5.82 Å². The van der Waals surface area contributed by atoms with Gasteiger partial charge in [-0.2, -0.15) is 0 Å². The minimum Gasteiger partial charge on any atom is -0.356 e. The third-order valence-electron chi connectivity index (χ3n) is 4.44. The van der Waals surface area contributed by atoms with Gasteiger partial charge >= 0.3 is 0 Å². The number of sulfone groups is 1. The van der Waals surface area contributed by atoms with Crippen molar-refractivity contribution in [1.82, 2.24) is 10.6 Å². The van der Waals surface area contributed by atoms with Crippen LogP contribution >= 0.6 is 0 Å². The molecule has 0 unspecified atom stereocenters. The molecule has 0 saturated heterocycles. The second-order valence-electron chi connectivity index (χ2n) is 7.56. The highest BCUT2D eigenvalue weighted by atomic mass is 32.2. The molecule has 0 aliphatic carbocycles. The Hall–Kier alpha value is -2.41. The van der Waals surface area contributed by atoms with E-state index in [9.17, 15) is 12.8 Å². The van der Waals surface area contributed by atoms with Crippen LogP contribution in [0.4, 0.5) is 4.39 Å². The zero-order valence-corrected chi connectivity index (χ0v) is 17.6. The Morgan fingerprint density at radius 1 is 1.07 bits per heavy atom. The molecule has 0 heterocycles. The molecule has 0 atom stereocenters. The lowest BCUT2D eigenvalue weighted by Crippen LogP contribution is -2.43. The Balaban J connectivity index is 1.91. The molecule has 7 heteroatoms. The van der Waals surface area contributed by atoms with Crippen molar-refractivity contribution >= 4 is 15.8 Å². The van der Waals surface area contributed by atoms with E-state index in [2.05, 4.69) is 15.6 Å². The minimum atomic E-state index is -3.03. The number of hydrogen-bond donors (Lipinski definition) is 2. The topological polar surface area (TPSA) is 70.6 Å². The molecule has 2 aromatic carbocycles. The van der Waals surface area contributed by atoms with E-state index in [1.807, 2.05) is 44.2 Å². The summed E-state index contributed by atoms with van der Waals surface area (Å²) in [5.41, 5.74) is 2.43. The first-order valence-electron chi connectivity index (χ1n) is 9.05. The lowest BCUT2D eigenvalue weighted by Gasteiger charge is -2.27. The first-order valence-corrected chi connectivity index (χ1v) is 11.1. The number of hydrogen-bond acceptors (Lipinski definition) is 3. The molecule has 2 rings (SSSR count). The van der Waals surface area contributed by atoms with Gasteiger partial charge in [-0.25, -0.2) is 12.8 Å². The number of aliphatic imine (C=N–C) groups is 1. The lowest BCUT2D eigenvalue weighted by molar-refractivity contribution is 0.503. The number of nitrogens with zero attached hydrogens (tertiary/aromatic N) is 1. The van der Waals surface area contributed by atoms with Crippen LogP contribution in [0, 0.1) is 5.82 Å². The quantitative estimate of drug-likeness (QED) is 0.549. The SMILES string of the molecule is CN=C(NCc1ccc(CS(C)(=O)=O)cc1)NCC(C)(C)c1cccc(F)c1. The molecule has 0 bridgehead atoms. The second kappa shape index (κ2) is 9.19. The summed E-state index contributed by atoms with van der Waals surface area (Å²) in [6.07, 6.45) is 1.23. The zero-order valence-electron chi connectivity index (χ0n) is 16.8. The molecule has 0 aliphatic rings. The Bertz CT molecular complexity index is 923. The monoisotopic (exact) mass is 405 g/mol. The fourth-order valence-electron chi connectivity index (χ4n) is 2.78. The van der Waals surface area contributed by atoms with Crippen LogP contribution < -0.4 is 10.6 Å². The van der Waals surface area contributed by atoms with Gasteiger partial charge in [0.05, 0.1) is 5.75 Å². The predicted molar refractivity (Wildman–Crippen MR) is 113 cm³/mol. The molecule has 2 aromatic rings. The van der Waals surface area contributed by atoms with E-state index in [1.54, 1.807) is 19.2 Å². The van der Waals surface area contributed by atoms with Gasteiger partial charge in [-0.05, 0) is 28.8 Å². The summed E-state index contributed by atoms with van der Waals surface area (Å²) < 4.78 is 36.2. The maximum Gasteiger partial charge on any atom is 0.191 e. The van der Waals surface area contributed by atoms with E-state index in [1.165, 1.54) is 12.3 Å². The number of nitrogens with one attached hydrogen (secondary N) is 2. The van der Waals surface area contributed by atoms with Crippen molar-refractivity contribution in [3.63, 3.8) is 0 Å². The average molecular weight is 406 g/mol. The predicted octanol–water partition coefficient (Wildman–Crippen LogP) is 3.01. The molecular weight excluding hydrogens is 377 g/mol. The number of benzene rings is 2. The van der Waals surface area contributed by atoms with Crippen LogP contribution in [-0.4, -0.2) is 34.2 Å². The maximum absolute atomic E-state index is 13.5. The van der Waals surface area contributed by atoms with E-state index in [0.29, 0.717) is 19.0 Å². The summed E-state index contributed by atoms with van der Waals surface area (Å²) in [6, 6.07) is 14.1. The van der Waals surface area contributed by atoms with Crippen LogP contribution in [-0.2, 0) is 27.5 Å². The summed E-state index contributed by atoms with van der Waals surface area (Å²) in [5, 5.41) is 6.51. The molecule has 0 saturated carbocycles. The van der Waals surface area contributed by atoms with Crippen LogP contribution in [0.3, 0.4) is 0 Å². The highest BCUT2D eigenvalue weighted by Gasteiger charge is 2.21. The normalized spacial score (nSPS) is 12.7. The molecule has 5 nitrogen and oxygen atoms in total. The van der Waals surface area contributed by atoms with E-state index in [-0.39, 0.29) is 17.0 Å². The standard InChI is InChI=1S/C21H28FN3O2S/c1-21(2,18-6-5-7-19(22)12-18)15-25-20(23-3)24-13-16-8-10-17(11-9-16)14-28(4,26)27/h5-12H,13-15H2,1-4H3,(H2,23,24,25). The van der Waals surface area contributed by atoms with Gasteiger partial charge < -0.3 is 10.6 Å². The van der Waals surface area contributed by atoms with Crippen molar-refractivity contribution < 1.29 is 12.8 Å². The van der Waals surface area contributed by atoms with E-state index >= 15 is 0 Å². The molecule has 28 heavy (non-hydrogen) atoms. The van der Waals surface area contributed by atoms with Gasteiger partial charge in [-0.3, -0.25) is 4.99 Å². The lowest BCUT2D eigenvalue weighted by atomic mass is 9.84. The fraction of sp³-hybridized carbons (Fsp3) is 0.381. The van der Waals surface area contributed by atoms with Gasteiger partial charge in [0, 0.05) is 31.8 Å². The van der Waals surface area contributed by atoms with Crippen LogP contribution in [0.2, 0.25) is 0 Å². The van der Waals surface area contributed by atoms with Crippen molar-refractivity contribution in [2.75, 3.05) is 19.8 Å². The van der Waals surface area contributed by atoms with Crippen LogP contribution in [0.25, 0.3) is 0 Å². The Morgan fingerprint density at radius 2 is 1.71 bits per heavy atom. The van der Waals surface area contributed by atoms with E-state index in [0.717, 1.165) is 16.7 Å². The van der Waals surface area contributed by atoms with Crippen LogP contribution in [0.5, 0.6) is 0 Å². The molecule has 0 spiro atoms. The summed E-state index contributed by atoms with van der Waals surface area (Å²) in [5.74, 6) is 0.441. The van der Waals surface area contributed by atoms with Crippen molar-refractivity contribution in [3.8, 4) is 0 Å². The minimum absolute atomic E-state index is 0.0408. The molecule has 0 radical (unpaired) electrons. The van der Waals surface area contributed by atoms with Gasteiger partial charge in [0.15, 0.2) is 15.8 Å². The number of halogens is 1. The zero-order chi connectivity index (χ0) is 20.8. The van der Waals surface area contributed by atoms with Gasteiger partial charge in [-0.15, -0.1) is 0 Å². The highest BCUT2D eigenvalue weighted by Crippen LogP contribution is 2.22. The molecular formula is C21H28FN3O2S. The third kappa shape index (κ3) is 6.96. The van der Waals surface area contributed by atoms with Gasteiger partial charge in [0.2, 0.25) is 0 Å². The summed E-state index contributed by atoms with van der Waals surface area (Å²) in [6.45, 7) is 5.23. The smallest absolute Gasteiger partial charge is 0.191 e. The molecule has 152 valence electrons. The maximum atomic E-state index is 13.5. The highest BCUT2D eigenvalue weighted by molar-refractivity contribution is 7.89. The van der Waals surface area contributed by atoms with Crippen molar-refractivity contribution in [2.45, 2.75) is 31.6 Å². The fourth-order valence-corrected chi connectivity index (χ4v) is 3.58. The van der Waals surface area contributed by atoms with Gasteiger partial charge in [-0.1, -0.05) is 50.2 Å². The largest absolute Gasteiger partial charge is 0.356 e. The summed E-state index contributed by atoms with van der Waals surface area (Å²) >= 11 is 0. The van der Waals surface area contributed by atoms with Crippen LogP contribution in [0.15, 0.2) is 53.5 Å². The Morgan fingerprint density at radius 3 is 2.29 bits per heavy atom. The Labute approximate surface area is 167 Å².